The number of aromatic nitrogens is 2. The standard InChI is InChI=1S/C14H21N3.C2H6/c1-13(2,14(3,4)15)12-16-10-8-6-7-9-11(10)17(12)5;1-2/h6-9H,15H2,1-5H3;1-2H3. The monoisotopic (exact) mass is 261 g/mol. The number of nitrogens with zero attached hydrogens (tertiary/aromatic N) is 2. The van der Waals surface area contributed by atoms with E-state index in [0.717, 1.165) is 16.9 Å². The maximum atomic E-state index is 6.28. The summed E-state index contributed by atoms with van der Waals surface area (Å²) in [7, 11) is 2.05. The van der Waals surface area contributed by atoms with E-state index in [2.05, 4.69) is 31.5 Å². The molecule has 0 spiro atoms. The Balaban J connectivity index is 0.000000861. The Labute approximate surface area is 116 Å². The number of aryl methyl sites for hydroxylation is 1. The Bertz CT molecular complexity index is 545. The second kappa shape index (κ2) is 5.33. The van der Waals surface area contributed by atoms with Gasteiger partial charge in [-0.15, -0.1) is 0 Å². The lowest BCUT2D eigenvalue weighted by Gasteiger charge is -2.37. The first-order valence-corrected chi connectivity index (χ1v) is 6.96. The molecule has 0 saturated carbocycles. The van der Waals surface area contributed by atoms with Crippen molar-refractivity contribution in [1.29, 1.82) is 0 Å². The lowest BCUT2D eigenvalue weighted by atomic mass is 9.74. The summed E-state index contributed by atoms with van der Waals surface area (Å²) in [5.41, 5.74) is 7.97. The molecule has 1 heterocycles. The predicted molar refractivity (Wildman–Crippen MR) is 83.4 cm³/mol. The van der Waals surface area contributed by atoms with Gasteiger partial charge in [0, 0.05) is 18.0 Å². The van der Waals surface area contributed by atoms with E-state index in [1.807, 2.05) is 45.9 Å². The van der Waals surface area contributed by atoms with E-state index in [4.69, 9.17) is 10.7 Å². The molecule has 0 unspecified atom stereocenters. The third-order valence-electron chi connectivity index (χ3n) is 3.96. The summed E-state index contributed by atoms with van der Waals surface area (Å²) < 4.78 is 2.14. The van der Waals surface area contributed by atoms with Crippen LogP contribution in [-0.4, -0.2) is 15.1 Å². The third-order valence-corrected chi connectivity index (χ3v) is 3.96. The molecule has 19 heavy (non-hydrogen) atoms. The van der Waals surface area contributed by atoms with Crippen molar-refractivity contribution in [3.05, 3.63) is 30.1 Å². The molecule has 0 radical (unpaired) electrons. The van der Waals surface area contributed by atoms with Gasteiger partial charge in [-0.05, 0) is 26.0 Å². The minimum Gasteiger partial charge on any atom is -0.331 e. The summed E-state index contributed by atoms with van der Waals surface area (Å²) in [5, 5.41) is 0. The van der Waals surface area contributed by atoms with Crippen LogP contribution in [0.3, 0.4) is 0 Å². The average molecular weight is 261 g/mol. The Morgan fingerprint density at radius 2 is 1.58 bits per heavy atom. The number of nitrogens with two attached hydrogens (primary N) is 1. The van der Waals surface area contributed by atoms with E-state index < -0.39 is 0 Å². The van der Waals surface area contributed by atoms with Crippen molar-refractivity contribution in [1.82, 2.24) is 9.55 Å². The van der Waals surface area contributed by atoms with Crippen LogP contribution in [0.4, 0.5) is 0 Å². The number of benzene rings is 1. The number of para-hydroxylation sites is 2. The highest BCUT2D eigenvalue weighted by atomic mass is 15.1. The van der Waals surface area contributed by atoms with Gasteiger partial charge in [0.15, 0.2) is 0 Å². The summed E-state index contributed by atoms with van der Waals surface area (Å²) in [6.45, 7) is 12.4. The molecular formula is C16H27N3. The molecule has 0 atom stereocenters. The van der Waals surface area contributed by atoms with E-state index in [1.54, 1.807) is 0 Å². The zero-order valence-electron chi connectivity index (χ0n) is 13.3. The summed E-state index contributed by atoms with van der Waals surface area (Å²) in [4.78, 5) is 4.73. The Morgan fingerprint density at radius 1 is 1.05 bits per heavy atom. The van der Waals surface area contributed by atoms with Gasteiger partial charge in [-0.25, -0.2) is 4.98 Å². The van der Waals surface area contributed by atoms with Crippen molar-refractivity contribution < 1.29 is 0 Å². The van der Waals surface area contributed by atoms with Gasteiger partial charge in [-0.2, -0.15) is 0 Å². The first-order valence-electron chi connectivity index (χ1n) is 6.96. The van der Waals surface area contributed by atoms with Crippen LogP contribution in [0.2, 0.25) is 0 Å². The lowest BCUT2D eigenvalue weighted by molar-refractivity contribution is 0.286. The number of hydrogen-bond donors (Lipinski definition) is 1. The van der Waals surface area contributed by atoms with Crippen LogP contribution >= 0.6 is 0 Å². The highest BCUT2D eigenvalue weighted by molar-refractivity contribution is 5.76. The molecule has 0 saturated heterocycles. The maximum absolute atomic E-state index is 6.28. The molecule has 1 aromatic heterocycles. The summed E-state index contributed by atoms with van der Waals surface area (Å²) in [6, 6.07) is 8.18. The summed E-state index contributed by atoms with van der Waals surface area (Å²) in [5.74, 6) is 1.03. The van der Waals surface area contributed by atoms with Gasteiger partial charge in [-0.1, -0.05) is 39.8 Å². The highest BCUT2D eigenvalue weighted by Gasteiger charge is 2.38. The van der Waals surface area contributed by atoms with E-state index in [0.29, 0.717) is 0 Å². The van der Waals surface area contributed by atoms with Crippen LogP contribution in [0.15, 0.2) is 24.3 Å². The molecule has 0 bridgehead atoms. The van der Waals surface area contributed by atoms with E-state index >= 15 is 0 Å². The Morgan fingerprint density at radius 3 is 2.05 bits per heavy atom. The van der Waals surface area contributed by atoms with Gasteiger partial charge in [0.25, 0.3) is 0 Å². The van der Waals surface area contributed by atoms with Crippen molar-refractivity contribution in [2.24, 2.45) is 12.8 Å². The number of fused-ring (bicyclic) bond motifs is 1. The average Bonchev–Trinajstić information content (AvgIpc) is 2.69. The van der Waals surface area contributed by atoms with Crippen molar-refractivity contribution >= 4 is 11.0 Å². The van der Waals surface area contributed by atoms with E-state index in [-0.39, 0.29) is 11.0 Å². The molecule has 0 aliphatic rings. The fraction of sp³-hybridized carbons (Fsp3) is 0.562. The van der Waals surface area contributed by atoms with Crippen LogP contribution in [-0.2, 0) is 12.5 Å². The zero-order valence-corrected chi connectivity index (χ0v) is 13.3. The first kappa shape index (κ1) is 15.7. The van der Waals surface area contributed by atoms with Gasteiger partial charge in [0.1, 0.15) is 5.82 Å². The molecule has 0 amide bonds. The third kappa shape index (κ3) is 2.66. The van der Waals surface area contributed by atoms with Crippen LogP contribution in [0.5, 0.6) is 0 Å². The summed E-state index contributed by atoms with van der Waals surface area (Å²) >= 11 is 0. The molecule has 3 nitrogen and oxygen atoms in total. The van der Waals surface area contributed by atoms with Gasteiger partial charge < -0.3 is 10.3 Å². The molecule has 1 aromatic carbocycles. The van der Waals surface area contributed by atoms with Gasteiger partial charge in [-0.3, -0.25) is 0 Å². The van der Waals surface area contributed by atoms with Crippen molar-refractivity contribution in [3.63, 3.8) is 0 Å². The Kier molecular flexibility index (Phi) is 4.41. The number of imidazole rings is 1. The first-order chi connectivity index (χ1) is 8.75. The Hall–Kier alpha value is -1.35. The minimum absolute atomic E-state index is 0.180. The largest absolute Gasteiger partial charge is 0.331 e. The molecule has 3 heteroatoms. The number of hydrogen-bond acceptors (Lipinski definition) is 2. The lowest BCUT2D eigenvalue weighted by Crippen LogP contribution is -2.51. The van der Waals surface area contributed by atoms with Gasteiger partial charge in [0.05, 0.1) is 11.0 Å². The van der Waals surface area contributed by atoms with Crippen LogP contribution in [0.1, 0.15) is 47.4 Å². The highest BCUT2D eigenvalue weighted by Crippen LogP contribution is 2.33. The molecule has 0 aliphatic carbocycles. The predicted octanol–water partition coefficient (Wildman–Crippen LogP) is 3.61. The zero-order chi connectivity index (χ0) is 14.8. The number of rotatable bonds is 2. The van der Waals surface area contributed by atoms with Crippen molar-refractivity contribution in [2.45, 2.75) is 52.5 Å². The molecular weight excluding hydrogens is 234 g/mol. The van der Waals surface area contributed by atoms with Crippen molar-refractivity contribution in [3.8, 4) is 0 Å². The van der Waals surface area contributed by atoms with Gasteiger partial charge >= 0.3 is 0 Å². The second-order valence-corrected chi connectivity index (χ2v) is 5.83. The molecule has 2 aromatic rings. The fourth-order valence-corrected chi connectivity index (χ4v) is 1.99. The molecule has 0 aliphatic heterocycles. The van der Waals surface area contributed by atoms with Gasteiger partial charge in [0.2, 0.25) is 0 Å². The maximum Gasteiger partial charge on any atom is 0.117 e. The summed E-state index contributed by atoms with van der Waals surface area (Å²) in [6.07, 6.45) is 0. The minimum atomic E-state index is -0.317. The molecule has 106 valence electrons. The normalized spacial score (nSPS) is 12.2. The SMILES string of the molecule is CC.Cn1c(C(C)(C)C(C)(C)N)nc2ccccc21. The molecule has 2 rings (SSSR count). The van der Waals surface area contributed by atoms with Crippen LogP contribution < -0.4 is 5.73 Å². The topological polar surface area (TPSA) is 43.8 Å². The quantitative estimate of drug-likeness (QED) is 0.897. The van der Waals surface area contributed by atoms with Crippen molar-refractivity contribution in [2.75, 3.05) is 0 Å². The molecule has 0 fully saturated rings. The fourth-order valence-electron chi connectivity index (χ4n) is 1.99. The molecule has 2 N–H and O–H groups in total. The van der Waals surface area contributed by atoms with E-state index in [1.165, 1.54) is 0 Å². The van der Waals surface area contributed by atoms with E-state index in [9.17, 15) is 0 Å². The van der Waals surface area contributed by atoms with Crippen LogP contribution in [0.25, 0.3) is 11.0 Å². The smallest absolute Gasteiger partial charge is 0.117 e. The second-order valence-electron chi connectivity index (χ2n) is 5.83. The van der Waals surface area contributed by atoms with Crippen LogP contribution in [0, 0.1) is 0 Å².